The number of aldehydes is 1. The van der Waals surface area contributed by atoms with Crippen LogP contribution < -0.4 is 5.32 Å². The normalized spacial score (nSPS) is 14.5. The largest absolute Gasteiger partial charge is 0.391 e. The van der Waals surface area contributed by atoms with Crippen LogP contribution in [0.15, 0.2) is 65.4 Å². The zero-order chi connectivity index (χ0) is 18.8. The first-order valence-electron chi connectivity index (χ1n) is 9.15. The summed E-state index contributed by atoms with van der Waals surface area (Å²) in [6, 6.07) is 9.89. The molecule has 0 heterocycles. The Bertz CT molecular complexity index is 804. The molecule has 0 aromatic heterocycles. The van der Waals surface area contributed by atoms with Crippen LogP contribution in [0.25, 0.3) is 5.57 Å². The average molecular weight is 346 g/mol. The third-order valence-corrected chi connectivity index (χ3v) is 4.56. The number of allylic oxidation sites excluding steroid dienone is 8. The molecule has 26 heavy (non-hydrogen) atoms. The van der Waals surface area contributed by atoms with E-state index in [1.165, 1.54) is 0 Å². The predicted molar refractivity (Wildman–Crippen MR) is 107 cm³/mol. The SMILES string of the molecule is CCCC/C(NC)=C(/C=O)CC1=CCC=C(c2ccccc2C#N)C=C1. The van der Waals surface area contributed by atoms with Gasteiger partial charge in [0.2, 0.25) is 0 Å². The summed E-state index contributed by atoms with van der Waals surface area (Å²) in [6.45, 7) is 2.15. The molecule has 1 aliphatic rings. The van der Waals surface area contributed by atoms with E-state index < -0.39 is 0 Å². The second-order valence-corrected chi connectivity index (χ2v) is 6.32. The fourth-order valence-electron chi connectivity index (χ4n) is 3.07. The lowest BCUT2D eigenvalue weighted by atomic mass is 9.99. The van der Waals surface area contributed by atoms with Crippen LogP contribution in [0.1, 0.15) is 50.2 Å². The quantitative estimate of drug-likeness (QED) is 0.527. The van der Waals surface area contributed by atoms with Gasteiger partial charge in [0.15, 0.2) is 0 Å². The molecule has 0 unspecified atom stereocenters. The Morgan fingerprint density at radius 2 is 2.08 bits per heavy atom. The number of nitrogens with zero attached hydrogens (tertiary/aromatic N) is 1. The standard InChI is InChI=1S/C23H26N2O/c1-3-4-12-23(25-2)21(17-26)15-18-8-7-10-19(14-13-18)22-11-6-5-9-20(22)16-24/h5-6,8-11,13-14,17,25H,3-4,7,12,15H2,1-2H3/b23-21-. The molecule has 1 aliphatic carbocycles. The monoisotopic (exact) mass is 346 g/mol. The van der Waals surface area contributed by atoms with E-state index in [0.29, 0.717) is 12.0 Å². The van der Waals surface area contributed by atoms with Crippen molar-refractivity contribution in [2.45, 2.75) is 39.0 Å². The van der Waals surface area contributed by atoms with Crippen LogP contribution in [0.2, 0.25) is 0 Å². The van der Waals surface area contributed by atoms with Gasteiger partial charge in [-0.3, -0.25) is 4.79 Å². The first-order chi connectivity index (χ1) is 12.7. The maximum absolute atomic E-state index is 11.6. The lowest BCUT2D eigenvalue weighted by Gasteiger charge is -2.11. The highest BCUT2D eigenvalue weighted by Gasteiger charge is 2.10. The highest BCUT2D eigenvalue weighted by Crippen LogP contribution is 2.26. The summed E-state index contributed by atoms with van der Waals surface area (Å²) in [5.74, 6) is 0. The molecule has 2 rings (SSSR count). The summed E-state index contributed by atoms with van der Waals surface area (Å²) in [7, 11) is 1.88. The molecular weight excluding hydrogens is 320 g/mol. The summed E-state index contributed by atoms with van der Waals surface area (Å²) in [5.41, 5.74) is 5.64. The van der Waals surface area contributed by atoms with Gasteiger partial charge in [-0.1, -0.05) is 55.8 Å². The molecule has 0 radical (unpaired) electrons. The summed E-state index contributed by atoms with van der Waals surface area (Å²) < 4.78 is 0. The number of hydrogen-bond acceptors (Lipinski definition) is 3. The Hall–Kier alpha value is -2.86. The molecule has 3 heteroatoms. The Kier molecular flexibility index (Phi) is 7.64. The fourth-order valence-corrected chi connectivity index (χ4v) is 3.07. The van der Waals surface area contributed by atoms with Crippen molar-refractivity contribution in [1.82, 2.24) is 5.32 Å². The maximum Gasteiger partial charge on any atom is 0.148 e. The lowest BCUT2D eigenvalue weighted by molar-refractivity contribution is -0.105. The molecule has 134 valence electrons. The molecule has 0 atom stereocenters. The van der Waals surface area contributed by atoms with Gasteiger partial charge in [-0.15, -0.1) is 0 Å². The van der Waals surface area contributed by atoms with E-state index in [2.05, 4.69) is 36.5 Å². The van der Waals surface area contributed by atoms with E-state index in [1.54, 1.807) is 0 Å². The predicted octanol–water partition coefficient (Wildman–Crippen LogP) is 5.08. The van der Waals surface area contributed by atoms with Gasteiger partial charge in [0.05, 0.1) is 11.6 Å². The second-order valence-electron chi connectivity index (χ2n) is 6.32. The molecular formula is C23H26N2O. The van der Waals surface area contributed by atoms with E-state index in [9.17, 15) is 10.1 Å². The van der Waals surface area contributed by atoms with Crippen LogP contribution in [0, 0.1) is 11.3 Å². The first kappa shape index (κ1) is 19.5. The zero-order valence-corrected chi connectivity index (χ0v) is 15.6. The van der Waals surface area contributed by atoms with Gasteiger partial charge >= 0.3 is 0 Å². The van der Waals surface area contributed by atoms with Gasteiger partial charge in [0.1, 0.15) is 6.29 Å². The summed E-state index contributed by atoms with van der Waals surface area (Å²) >= 11 is 0. The third-order valence-electron chi connectivity index (χ3n) is 4.56. The van der Waals surface area contributed by atoms with Crippen molar-refractivity contribution in [3.63, 3.8) is 0 Å². The number of rotatable bonds is 8. The van der Waals surface area contributed by atoms with E-state index in [1.807, 2.05) is 37.4 Å². The number of unbranched alkanes of at least 4 members (excludes halogenated alkanes) is 1. The van der Waals surface area contributed by atoms with E-state index in [0.717, 1.165) is 59.9 Å². The van der Waals surface area contributed by atoms with E-state index >= 15 is 0 Å². The van der Waals surface area contributed by atoms with Crippen LogP contribution in [0.3, 0.4) is 0 Å². The van der Waals surface area contributed by atoms with E-state index in [-0.39, 0.29) is 0 Å². The minimum absolute atomic E-state index is 0.626. The molecule has 0 aliphatic heterocycles. The topological polar surface area (TPSA) is 52.9 Å². The van der Waals surface area contributed by atoms with Gasteiger partial charge in [0.25, 0.3) is 0 Å². The van der Waals surface area contributed by atoms with Crippen LogP contribution >= 0.6 is 0 Å². The summed E-state index contributed by atoms with van der Waals surface area (Å²) in [4.78, 5) is 11.6. The molecule has 0 saturated carbocycles. The minimum Gasteiger partial charge on any atom is -0.391 e. The summed E-state index contributed by atoms with van der Waals surface area (Å²) in [5, 5.41) is 12.5. The molecule has 0 saturated heterocycles. The van der Waals surface area contributed by atoms with Crippen molar-refractivity contribution in [3.05, 3.63) is 76.5 Å². The Balaban J connectivity index is 2.19. The number of benzene rings is 1. The van der Waals surface area contributed by atoms with Crippen LogP contribution in [0.5, 0.6) is 0 Å². The Morgan fingerprint density at radius 3 is 2.77 bits per heavy atom. The van der Waals surface area contributed by atoms with Gasteiger partial charge in [-0.05, 0) is 42.0 Å². The number of nitrogens with one attached hydrogen (secondary N) is 1. The van der Waals surface area contributed by atoms with E-state index in [4.69, 9.17) is 0 Å². The number of hydrogen-bond donors (Lipinski definition) is 1. The molecule has 1 aromatic rings. The van der Waals surface area contributed by atoms with Crippen molar-refractivity contribution in [1.29, 1.82) is 5.26 Å². The smallest absolute Gasteiger partial charge is 0.148 e. The lowest BCUT2D eigenvalue weighted by Crippen LogP contribution is -2.10. The number of carbonyl (C=O) groups excluding carboxylic acids is 1. The van der Waals surface area contributed by atoms with Crippen molar-refractivity contribution < 1.29 is 4.79 Å². The van der Waals surface area contributed by atoms with Crippen LogP contribution in [0.4, 0.5) is 0 Å². The second kappa shape index (κ2) is 10.2. The van der Waals surface area contributed by atoms with Crippen molar-refractivity contribution in [2.24, 2.45) is 0 Å². The van der Waals surface area contributed by atoms with Crippen molar-refractivity contribution in [2.75, 3.05) is 7.05 Å². The van der Waals surface area contributed by atoms with Crippen molar-refractivity contribution >= 4 is 11.9 Å². The highest BCUT2D eigenvalue weighted by molar-refractivity contribution is 5.79. The van der Waals surface area contributed by atoms with Gasteiger partial charge < -0.3 is 5.32 Å². The van der Waals surface area contributed by atoms with Gasteiger partial charge in [-0.25, -0.2) is 0 Å². The maximum atomic E-state index is 11.6. The molecule has 1 aromatic carbocycles. The minimum atomic E-state index is 0.626. The molecule has 0 bridgehead atoms. The molecule has 0 fully saturated rings. The first-order valence-corrected chi connectivity index (χ1v) is 9.15. The Labute approximate surface area is 156 Å². The zero-order valence-electron chi connectivity index (χ0n) is 15.6. The average Bonchev–Trinajstić information content (AvgIpc) is 2.92. The molecule has 1 N–H and O–H groups in total. The van der Waals surface area contributed by atoms with Crippen molar-refractivity contribution in [3.8, 4) is 6.07 Å². The molecule has 0 spiro atoms. The number of carbonyl (C=O) groups is 1. The highest BCUT2D eigenvalue weighted by atomic mass is 16.1. The number of nitriles is 1. The Morgan fingerprint density at radius 1 is 1.27 bits per heavy atom. The van der Waals surface area contributed by atoms with Gasteiger partial charge in [-0.2, -0.15) is 5.26 Å². The van der Waals surface area contributed by atoms with Crippen LogP contribution in [-0.2, 0) is 4.79 Å². The molecule has 0 amide bonds. The van der Waals surface area contributed by atoms with Crippen LogP contribution in [-0.4, -0.2) is 13.3 Å². The summed E-state index contributed by atoms with van der Waals surface area (Å²) in [6.07, 6.45) is 13.8. The fraction of sp³-hybridized carbons (Fsp3) is 0.304. The third kappa shape index (κ3) is 5.07. The van der Waals surface area contributed by atoms with Gasteiger partial charge in [0, 0.05) is 24.7 Å². The molecule has 3 nitrogen and oxygen atoms in total.